The van der Waals surface area contributed by atoms with Crippen LogP contribution in [0.15, 0.2) is 11.1 Å². The number of aliphatic hydroxyl groups excluding tert-OH is 1. The number of nitrogens with two attached hydrogens (primary N) is 1. The van der Waals surface area contributed by atoms with E-state index in [1.165, 1.54) is 0 Å². The third kappa shape index (κ3) is 2.57. The number of nitrogens with zero attached hydrogens (tertiary/aromatic N) is 3. The van der Waals surface area contributed by atoms with E-state index in [9.17, 15) is 13.2 Å². The van der Waals surface area contributed by atoms with Gasteiger partial charge in [0.15, 0.2) is 17.1 Å². The molecule has 0 unspecified atom stereocenters. The van der Waals surface area contributed by atoms with Gasteiger partial charge in [-0.15, -0.1) is 0 Å². The van der Waals surface area contributed by atoms with Crippen molar-refractivity contribution in [3.8, 4) is 0 Å². The van der Waals surface area contributed by atoms with E-state index in [2.05, 4.69) is 15.0 Å². The lowest BCUT2D eigenvalue weighted by Crippen LogP contribution is -2.20. The highest BCUT2D eigenvalue weighted by Crippen LogP contribution is 2.10. The molecule has 0 amide bonds. The van der Waals surface area contributed by atoms with E-state index in [1.54, 1.807) is 0 Å². The molecule has 10 nitrogen and oxygen atoms in total. The van der Waals surface area contributed by atoms with Gasteiger partial charge >= 0.3 is 0 Å². The molecule has 2 aromatic rings. The molecule has 104 valence electrons. The highest BCUT2D eigenvalue weighted by Gasteiger charge is 2.19. The van der Waals surface area contributed by atoms with Gasteiger partial charge in [-0.25, -0.2) is 17.4 Å². The van der Waals surface area contributed by atoms with Crippen LogP contribution in [0.4, 0.5) is 5.95 Å². The van der Waals surface area contributed by atoms with Gasteiger partial charge in [0.25, 0.3) is 15.6 Å². The third-order valence-electron chi connectivity index (χ3n) is 2.16. The fourth-order valence-electron chi connectivity index (χ4n) is 1.40. The highest BCUT2D eigenvalue weighted by atomic mass is 32.2. The first kappa shape index (κ1) is 13.5. The van der Waals surface area contributed by atoms with E-state index in [4.69, 9.17) is 15.6 Å². The molecule has 0 spiro atoms. The Morgan fingerprint density at radius 1 is 1.53 bits per heavy atom. The Morgan fingerprint density at radius 2 is 2.26 bits per heavy atom. The summed E-state index contributed by atoms with van der Waals surface area (Å²) >= 11 is 0. The van der Waals surface area contributed by atoms with Crippen LogP contribution in [0.1, 0.15) is 0 Å². The van der Waals surface area contributed by atoms with Gasteiger partial charge in [-0.05, 0) is 0 Å². The van der Waals surface area contributed by atoms with E-state index in [1.807, 2.05) is 0 Å². The predicted molar refractivity (Wildman–Crippen MR) is 64.8 cm³/mol. The normalized spacial score (nSPS) is 12.1. The largest absolute Gasteiger partial charge is 0.394 e. The Hall–Kier alpha value is -1.98. The molecule has 0 saturated heterocycles. The smallest absolute Gasteiger partial charge is 0.280 e. The predicted octanol–water partition coefficient (Wildman–Crippen LogP) is -2.15. The highest BCUT2D eigenvalue weighted by molar-refractivity contribution is 7.89. The maximum atomic E-state index is 11.9. The van der Waals surface area contributed by atoms with Gasteiger partial charge in [-0.2, -0.15) is 4.98 Å². The number of aliphatic hydroxyl groups is 1. The first-order valence-electron chi connectivity index (χ1n) is 5.10. The Bertz CT molecular complexity index is 748. The van der Waals surface area contributed by atoms with E-state index >= 15 is 0 Å². The molecule has 0 fully saturated rings. The number of hydrogen-bond acceptors (Lipinski definition) is 8. The van der Waals surface area contributed by atoms with Crippen molar-refractivity contribution in [3.05, 3.63) is 16.7 Å². The molecule has 0 aliphatic heterocycles. The summed E-state index contributed by atoms with van der Waals surface area (Å²) in [4.78, 5) is 21.1. The summed E-state index contributed by atoms with van der Waals surface area (Å²) in [6, 6.07) is 0. The van der Waals surface area contributed by atoms with Gasteiger partial charge in [-0.1, -0.05) is 0 Å². The zero-order valence-electron chi connectivity index (χ0n) is 9.61. The van der Waals surface area contributed by atoms with Crippen LogP contribution in [0, 0.1) is 0 Å². The zero-order valence-corrected chi connectivity index (χ0v) is 10.4. The first-order chi connectivity index (χ1) is 8.95. The van der Waals surface area contributed by atoms with Crippen LogP contribution in [-0.4, -0.2) is 51.6 Å². The second-order valence-electron chi connectivity index (χ2n) is 3.53. The Labute approximate surface area is 106 Å². The Balaban J connectivity index is 2.48. The number of rotatable bonds is 5. The van der Waals surface area contributed by atoms with E-state index < -0.39 is 21.5 Å². The summed E-state index contributed by atoms with van der Waals surface area (Å²) in [5.74, 6) is -0.890. The van der Waals surface area contributed by atoms with Crippen LogP contribution in [0.2, 0.25) is 0 Å². The molecular formula is C8H11N5O5S. The minimum absolute atomic E-state index is 0.123. The number of fused-ring (bicyclic) bond motifs is 1. The summed E-state index contributed by atoms with van der Waals surface area (Å²) in [5, 5.41) is 8.52. The van der Waals surface area contributed by atoms with Crippen LogP contribution in [0.3, 0.4) is 0 Å². The van der Waals surface area contributed by atoms with Gasteiger partial charge < -0.3 is 15.6 Å². The third-order valence-corrected chi connectivity index (χ3v) is 3.49. The van der Waals surface area contributed by atoms with Crippen molar-refractivity contribution in [3.63, 3.8) is 0 Å². The SMILES string of the molecule is Nc1nc2c(ncn2S(=O)(=O)COCCO)c(=O)[nH]1. The molecule has 0 radical (unpaired) electrons. The van der Waals surface area contributed by atoms with E-state index in [0.717, 1.165) is 6.33 Å². The number of aromatic amines is 1. The van der Waals surface area contributed by atoms with Crippen molar-refractivity contribution in [2.75, 3.05) is 24.9 Å². The van der Waals surface area contributed by atoms with Crippen LogP contribution in [0.25, 0.3) is 11.2 Å². The van der Waals surface area contributed by atoms with Crippen LogP contribution in [-0.2, 0) is 14.8 Å². The number of imidazole rings is 1. The molecule has 4 N–H and O–H groups in total. The number of H-pyrrole nitrogens is 1. The number of nitrogen functional groups attached to an aromatic ring is 1. The minimum atomic E-state index is -3.90. The number of aromatic nitrogens is 4. The average Bonchev–Trinajstić information content (AvgIpc) is 2.73. The Morgan fingerprint density at radius 3 is 2.95 bits per heavy atom. The number of ether oxygens (including phenoxy) is 1. The van der Waals surface area contributed by atoms with Gasteiger partial charge in [0.2, 0.25) is 5.95 Å². The quantitative estimate of drug-likeness (QED) is 0.526. The molecule has 2 heterocycles. The zero-order chi connectivity index (χ0) is 14.0. The number of anilines is 1. The Kier molecular flexibility index (Phi) is 3.50. The van der Waals surface area contributed by atoms with Crippen molar-refractivity contribution in [2.45, 2.75) is 0 Å². The molecule has 2 aromatic heterocycles. The summed E-state index contributed by atoms with van der Waals surface area (Å²) in [5.41, 5.74) is 4.41. The van der Waals surface area contributed by atoms with E-state index in [0.29, 0.717) is 3.97 Å². The lowest BCUT2D eigenvalue weighted by Gasteiger charge is -2.06. The summed E-state index contributed by atoms with van der Waals surface area (Å²) < 4.78 is 29.3. The van der Waals surface area contributed by atoms with Crippen molar-refractivity contribution in [1.82, 2.24) is 18.9 Å². The van der Waals surface area contributed by atoms with Crippen molar-refractivity contribution >= 4 is 27.1 Å². The maximum absolute atomic E-state index is 11.9. The average molecular weight is 289 g/mol. The van der Waals surface area contributed by atoms with Crippen LogP contribution in [0.5, 0.6) is 0 Å². The summed E-state index contributed by atoms with van der Waals surface area (Å²) in [6.45, 7) is -0.424. The molecule has 0 atom stereocenters. The minimum Gasteiger partial charge on any atom is -0.394 e. The fraction of sp³-hybridized carbons (Fsp3) is 0.375. The standard InChI is InChI=1S/C8H11N5O5S/c9-8-11-6-5(7(15)12-8)10-3-13(6)19(16,17)4-18-2-1-14/h3,14H,1-2,4H2,(H3,9,11,12,15). The topological polar surface area (TPSA) is 153 Å². The second kappa shape index (κ2) is 4.95. The van der Waals surface area contributed by atoms with Gasteiger partial charge in [-0.3, -0.25) is 9.78 Å². The van der Waals surface area contributed by atoms with Crippen LogP contribution < -0.4 is 11.3 Å². The second-order valence-corrected chi connectivity index (χ2v) is 5.32. The lowest BCUT2D eigenvalue weighted by molar-refractivity contribution is 0.121. The molecular weight excluding hydrogens is 278 g/mol. The lowest BCUT2D eigenvalue weighted by atomic mass is 10.5. The van der Waals surface area contributed by atoms with Gasteiger partial charge in [0, 0.05) is 0 Å². The molecule has 19 heavy (non-hydrogen) atoms. The molecule has 0 aliphatic rings. The number of nitrogens with one attached hydrogen (secondary N) is 1. The molecule has 2 rings (SSSR count). The van der Waals surface area contributed by atoms with E-state index in [-0.39, 0.29) is 30.3 Å². The van der Waals surface area contributed by atoms with Crippen molar-refractivity contribution in [1.29, 1.82) is 0 Å². The number of hydrogen-bond donors (Lipinski definition) is 3. The molecule has 0 aliphatic carbocycles. The van der Waals surface area contributed by atoms with Gasteiger partial charge in [0.1, 0.15) is 6.33 Å². The summed E-state index contributed by atoms with van der Waals surface area (Å²) in [6.07, 6.45) is 0.948. The monoisotopic (exact) mass is 289 g/mol. The molecule has 11 heteroatoms. The van der Waals surface area contributed by atoms with Crippen LogP contribution >= 0.6 is 0 Å². The maximum Gasteiger partial charge on any atom is 0.280 e. The van der Waals surface area contributed by atoms with Crippen molar-refractivity contribution in [2.24, 2.45) is 0 Å². The fourth-order valence-corrected chi connectivity index (χ4v) is 2.42. The van der Waals surface area contributed by atoms with Gasteiger partial charge in [0.05, 0.1) is 13.2 Å². The molecule has 0 aromatic carbocycles. The van der Waals surface area contributed by atoms with Crippen molar-refractivity contribution < 1.29 is 18.3 Å². The molecule has 0 saturated carbocycles. The first-order valence-corrected chi connectivity index (χ1v) is 6.71. The molecule has 0 bridgehead atoms. The summed E-state index contributed by atoms with van der Waals surface area (Å²) in [7, 11) is -3.90.